The standard InChI is InChI=1S/C14H14O4/c1-18-14-8-10(3-5-12(14)16)6-9-2-4-11(15)13(17)7-9/h2-5,7-8,15-17H,6H2,1H3. The highest BCUT2D eigenvalue weighted by atomic mass is 16.5. The lowest BCUT2D eigenvalue weighted by molar-refractivity contribution is 0.373. The van der Waals surface area contributed by atoms with Gasteiger partial charge in [-0.15, -0.1) is 0 Å². The van der Waals surface area contributed by atoms with Crippen LogP contribution in [-0.2, 0) is 6.42 Å². The van der Waals surface area contributed by atoms with Crippen molar-refractivity contribution in [2.45, 2.75) is 6.42 Å². The third kappa shape index (κ3) is 2.48. The normalized spacial score (nSPS) is 10.3. The molecule has 0 saturated carbocycles. The van der Waals surface area contributed by atoms with Gasteiger partial charge in [-0.2, -0.15) is 0 Å². The second kappa shape index (κ2) is 4.87. The molecule has 0 unspecified atom stereocenters. The molecule has 0 atom stereocenters. The van der Waals surface area contributed by atoms with Crippen molar-refractivity contribution in [2.75, 3.05) is 7.11 Å². The number of rotatable bonds is 3. The van der Waals surface area contributed by atoms with Crippen LogP contribution >= 0.6 is 0 Å². The van der Waals surface area contributed by atoms with Crippen LogP contribution in [0.25, 0.3) is 0 Å². The Kier molecular flexibility index (Phi) is 3.28. The Bertz CT molecular complexity index is 564. The number of benzene rings is 2. The minimum absolute atomic E-state index is 0.0924. The molecule has 4 heteroatoms. The molecule has 4 nitrogen and oxygen atoms in total. The Balaban J connectivity index is 2.25. The predicted molar refractivity (Wildman–Crippen MR) is 67.2 cm³/mol. The van der Waals surface area contributed by atoms with Crippen LogP contribution in [0.2, 0.25) is 0 Å². The summed E-state index contributed by atoms with van der Waals surface area (Å²) in [6.07, 6.45) is 0.574. The van der Waals surface area contributed by atoms with E-state index in [1.807, 2.05) is 0 Å². The third-order valence-electron chi connectivity index (χ3n) is 2.69. The van der Waals surface area contributed by atoms with Crippen LogP contribution in [-0.4, -0.2) is 22.4 Å². The molecule has 0 bridgehead atoms. The van der Waals surface area contributed by atoms with Gasteiger partial charge in [0.25, 0.3) is 0 Å². The lowest BCUT2D eigenvalue weighted by Crippen LogP contribution is -1.90. The Labute approximate surface area is 105 Å². The maximum Gasteiger partial charge on any atom is 0.160 e. The SMILES string of the molecule is COc1cc(Cc2ccc(O)c(O)c2)ccc1O. The largest absolute Gasteiger partial charge is 0.504 e. The number of methoxy groups -OCH3 is 1. The Morgan fingerprint density at radius 1 is 0.833 bits per heavy atom. The van der Waals surface area contributed by atoms with Crippen molar-refractivity contribution in [3.63, 3.8) is 0 Å². The molecule has 2 aromatic rings. The first kappa shape index (κ1) is 12.1. The fraction of sp³-hybridized carbons (Fsp3) is 0.143. The number of phenolic OH excluding ortho intramolecular Hbond substituents is 3. The molecule has 0 fully saturated rings. The van der Waals surface area contributed by atoms with Gasteiger partial charge in [0, 0.05) is 0 Å². The molecule has 0 amide bonds. The molecule has 0 radical (unpaired) electrons. The average molecular weight is 246 g/mol. The summed E-state index contributed by atoms with van der Waals surface area (Å²) in [6.45, 7) is 0. The summed E-state index contributed by atoms with van der Waals surface area (Å²) >= 11 is 0. The second-order valence-corrected chi connectivity index (χ2v) is 4.01. The predicted octanol–water partition coefficient (Wildman–Crippen LogP) is 2.40. The number of ether oxygens (including phenoxy) is 1. The van der Waals surface area contributed by atoms with Gasteiger partial charge >= 0.3 is 0 Å². The molecular formula is C14H14O4. The van der Waals surface area contributed by atoms with Crippen molar-refractivity contribution < 1.29 is 20.1 Å². The summed E-state index contributed by atoms with van der Waals surface area (Å²) in [5, 5.41) is 28.1. The zero-order chi connectivity index (χ0) is 13.1. The molecule has 94 valence electrons. The molecule has 0 aromatic heterocycles. The minimum Gasteiger partial charge on any atom is -0.504 e. The molecule has 18 heavy (non-hydrogen) atoms. The summed E-state index contributed by atoms with van der Waals surface area (Å²) in [4.78, 5) is 0. The maximum atomic E-state index is 9.48. The summed E-state index contributed by atoms with van der Waals surface area (Å²) in [5.41, 5.74) is 1.80. The van der Waals surface area contributed by atoms with Crippen molar-refractivity contribution in [1.82, 2.24) is 0 Å². The lowest BCUT2D eigenvalue weighted by Gasteiger charge is -2.07. The Morgan fingerprint density at radius 3 is 2.06 bits per heavy atom. The monoisotopic (exact) mass is 246 g/mol. The number of hydrogen-bond acceptors (Lipinski definition) is 4. The molecule has 0 aliphatic heterocycles. The quantitative estimate of drug-likeness (QED) is 0.727. The third-order valence-corrected chi connectivity index (χ3v) is 2.69. The van der Waals surface area contributed by atoms with Crippen LogP contribution in [0.3, 0.4) is 0 Å². The van der Waals surface area contributed by atoms with E-state index in [4.69, 9.17) is 4.74 Å². The summed E-state index contributed by atoms with van der Waals surface area (Å²) in [6, 6.07) is 9.76. The van der Waals surface area contributed by atoms with E-state index in [1.165, 1.54) is 19.2 Å². The van der Waals surface area contributed by atoms with Crippen LogP contribution in [0, 0.1) is 0 Å². The molecule has 0 saturated heterocycles. The lowest BCUT2D eigenvalue weighted by atomic mass is 10.0. The van der Waals surface area contributed by atoms with Crippen LogP contribution in [0.5, 0.6) is 23.0 Å². The Morgan fingerprint density at radius 2 is 1.44 bits per heavy atom. The minimum atomic E-state index is -0.141. The van der Waals surface area contributed by atoms with Gasteiger partial charge in [0.2, 0.25) is 0 Å². The highest BCUT2D eigenvalue weighted by molar-refractivity contribution is 5.45. The van der Waals surface area contributed by atoms with E-state index in [2.05, 4.69) is 0 Å². The van der Waals surface area contributed by atoms with E-state index in [0.717, 1.165) is 11.1 Å². The molecule has 2 rings (SSSR count). The molecule has 0 heterocycles. The fourth-order valence-electron chi connectivity index (χ4n) is 1.75. The van der Waals surface area contributed by atoms with E-state index in [1.54, 1.807) is 24.3 Å². The van der Waals surface area contributed by atoms with Gasteiger partial charge < -0.3 is 20.1 Å². The van der Waals surface area contributed by atoms with Crippen molar-refractivity contribution in [2.24, 2.45) is 0 Å². The summed E-state index contributed by atoms with van der Waals surface area (Å²) in [7, 11) is 1.49. The van der Waals surface area contributed by atoms with E-state index in [-0.39, 0.29) is 17.2 Å². The number of hydrogen-bond donors (Lipinski definition) is 3. The zero-order valence-corrected chi connectivity index (χ0v) is 9.92. The van der Waals surface area contributed by atoms with Gasteiger partial charge in [-0.1, -0.05) is 12.1 Å². The maximum absolute atomic E-state index is 9.48. The van der Waals surface area contributed by atoms with Gasteiger partial charge in [0.05, 0.1) is 7.11 Å². The van der Waals surface area contributed by atoms with E-state index in [0.29, 0.717) is 12.2 Å². The molecule has 3 N–H and O–H groups in total. The molecular weight excluding hydrogens is 232 g/mol. The van der Waals surface area contributed by atoms with E-state index < -0.39 is 0 Å². The van der Waals surface area contributed by atoms with Crippen molar-refractivity contribution in [1.29, 1.82) is 0 Å². The molecule has 0 spiro atoms. The Hall–Kier alpha value is -2.36. The topological polar surface area (TPSA) is 69.9 Å². The van der Waals surface area contributed by atoms with Gasteiger partial charge in [-0.05, 0) is 41.8 Å². The summed E-state index contributed by atoms with van der Waals surface area (Å²) in [5.74, 6) is 0.227. The number of phenols is 3. The van der Waals surface area contributed by atoms with Gasteiger partial charge in [0.15, 0.2) is 23.0 Å². The van der Waals surface area contributed by atoms with Gasteiger partial charge in [-0.25, -0.2) is 0 Å². The van der Waals surface area contributed by atoms with Crippen LogP contribution in [0.15, 0.2) is 36.4 Å². The zero-order valence-electron chi connectivity index (χ0n) is 9.92. The first-order valence-corrected chi connectivity index (χ1v) is 5.47. The highest BCUT2D eigenvalue weighted by Crippen LogP contribution is 2.29. The van der Waals surface area contributed by atoms with Crippen molar-refractivity contribution in [3.8, 4) is 23.0 Å². The fourth-order valence-corrected chi connectivity index (χ4v) is 1.75. The highest BCUT2D eigenvalue weighted by Gasteiger charge is 2.05. The van der Waals surface area contributed by atoms with Crippen molar-refractivity contribution >= 4 is 0 Å². The van der Waals surface area contributed by atoms with Crippen LogP contribution in [0.4, 0.5) is 0 Å². The first-order chi connectivity index (χ1) is 8.60. The average Bonchev–Trinajstić information content (AvgIpc) is 2.36. The van der Waals surface area contributed by atoms with E-state index >= 15 is 0 Å². The second-order valence-electron chi connectivity index (χ2n) is 4.01. The van der Waals surface area contributed by atoms with Gasteiger partial charge in [-0.3, -0.25) is 0 Å². The summed E-state index contributed by atoms with van der Waals surface area (Å²) < 4.78 is 5.03. The van der Waals surface area contributed by atoms with Crippen LogP contribution in [0.1, 0.15) is 11.1 Å². The molecule has 0 aliphatic carbocycles. The smallest absolute Gasteiger partial charge is 0.160 e. The number of aromatic hydroxyl groups is 3. The van der Waals surface area contributed by atoms with Crippen molar-refractivity contribution in [3.05, 3.63) is 47.5 Å². The van der Waals surface area contributed by atoms with Crippen LogP contribution < -0.4 is 4.74 Å². The van der Waals surface area contributed by atoms with E-state index in [9.17, 15) is 15.3 Å². The van der Waals surface area contributed by atoms with Gasteiger partial charge in [0.1, 0.15) is 0 Å². The first-order valence-electron chi connectivity index (χ1n) is 5.47. The molecule has 0 aliphatic rings. The molecule has 2 aromatic carbocycles.